The molecule has 0 aromatic heterocycles. The van der Waals surface area contributed by atoms with Gasteiger partial charge >= 0.3 is 0 Å². The van der Waals surface area contributed by atoms with Gasteiger partial charge in [-0.05, 0) is 54.2 Å². The average Bonchev–Trinajstić information content (AvgIpc) is 2.37. The monoisotopic (exact) mass is 250 g/mol. The van der Waals surface area contributed by atoms with Gasteiger partial charge in [-0.1, -0.05) is 39.0 Å². The quantitative estimate of drug-likeness (QED) is 0.640. The molecule has 1 heteroatoms. The van der Waals surface area contributed by atoms with Crippen molar-refractivity contribution >= 4 is 11.6 Å². The molecular weight excluding hydrogens is 228 g/mol. The van der Waals surface area contributed by atoms with Gasteiger partial charge in [0.2, 0.25) is 0 Å². The Hall–Kier alpha value is -0.490. The molecule has 0 N–H and O–H groups in total. The van der Waals surface area contributed by atoms with Crippen LogP contribution in [0.5, 0.6) is 0 Å². The van der Waals surface area contributed by atoms with Gasteiger partial charge in [-0.2, -0.15) is 0 Å². The van der Waals surface area contributed by atoms with Crippen LogP contribution in [0.4, 0.5) is 0 Å². The Balaban J connectivity index is 2.28. The van der Waals surface area contributed by atoms with E-state index in [0.29, 0.717) is 0 Å². The van der Waals surface area contributed by atoms with Crippen LogP contribution in [0.1, 0.15) is 62.1 Å². The lowest BCUT2D eigenvalue weighted by Crippen LogP contribution is -2.17. The lowest BCUT2D eigenvalue weighted by Gasteiger charge is -2.30. The molecule has 0 aliphatic heterocycles. The predicted molar refractivity (Wildman–Crippen MR) is 75.8 cm³/mol. The predicted octanol–water partition coefficient (Wildman–Crippen LogP) is 5.28. The lowest BCUT2D eigenvalue weighted by atomic mass is 9.81. The number of fused-ring (bicyclic) bond motifs is 1. The topological polar surface area (TPSA) is 0 Å². The molecule has 0 heterocycles. The fourth-order valence-corrected chi connectivity index (χ4v) is 2.83. The fourth-order valence-electron chi connectivity index (χ4n) is 2.54. The number of hydrogen-bond donors (Lipinski definition) is 0. The Morgan fingerprint density at radius 2 is 1.82 bits per heavy atom. The zero-order valence-electron chi connectivity index (χ0n) is 11.2. The average molecular weight is 251 g/mol. The third-order valence-corrected chi connectivity index (χ3v) is 5.11. The van der Waals surface area contributed by atoms with E-state index in [0.717, 1.165) is 6.42 Å². The highest BCUT2D eigenvalue weighted by Crippen LogP contribution is 2.42. The third-order valence-electron chi connectivity index (χ3n) is 4.26. The maximum absolute atomic E-state index is 6.64. The summed E-state index contributed by atoms with van der Waals surface area (Å²) in [7, 11) is 0. The van der Waals surface area contributed by atoms with Gasteiger partial charge in [-0.15, -0.1) is 11.6 Å². The molecule has 0 saturated heterocycles. The van der Waals surface area contributed by atoms with Gasteiger partial charge < -0.3 is 0 Å². The summed E-state index contributed by atoms with van der Waals surface area (Å²) in [5.41, 5.74) is 4.55. The molecule has 1 unspecified atom stereocenters. The number of aryl methyl sites for hydroxylation is 2. The smallest absolute Gasteiger partial charge is 0.0636 e. The minimum atomic E-state index is 0.125. The van der Waals surface area contributed by atoms with E-state index in [4.69, 9.17) is 11.6 Å². The van der Waals surface area contributed by atoms with Crippen LogP contribution in [-0.2, 0) is 12.8 Å². The van der Waals surface area contributed by atoms with E-state index in [2.05, 4.69) is 39.0 Å². The zero-order chi connectivity index (χ0) is 12.5. The highest BCUT2D eigenvalue weighted by atomic mass is 35.5. The number of rotatable bonds is 3. The van der Waals surface area contributed by atoms with E-state index in [9.17, 15) is 0 Å². The second-order valence-electron chi connectivity index (χ2n) is 5.94. The number of halogens is 1. The minimum Gasteiger partial charge on any atom is -0.117 e. The Bertz CT molecular complexity index is 393. The van der Waals surface area contributed by atoms with Gasteiger partial charge in [-0.25, -0.2) is 0 Å². The molecule has 0 radical (unpaired) electrons. The van der Waals surface area contributed by atoms with E-state index in [-0.39, 0.29) is 10.8 Å². The van der Waals surface area contributed by atoms with Crippen molar-refractivity contribution in [3.05, 3.63) is 34.9 Å². The van der Waals surface area contributed by atoms with E-state index in [1.165, 1.54) is 42.4 Å². The lowest BCUT2D eigenvalue weighted by molar-refractivity contribution is 0.336. The van der Waals surface area contributed by atoms with Crippen molar-refractivity contribution in [2.45, 2.75) is 58.3 Å². The normalized spacial score (nSPS) is 17.6. The van der Waals surface area contributed by atoms with Crippen LogP contribution in [-0.4, -0.2) is 0 Å². The van der Waals surface area contributed by atoms with E-state index in [1.807, 2.05) is 0 Å². The standard InChI is InChI=1S/C16H23Cl/c1-4-16(2,3)15(17)14-10-9-12-7-5-6-8-13(12)11-14/h9-11,15H,4-8H2,1-3H3. The molecule has 1 aromatic rings. The fraction of sp³-hybridized carbons (Fsp3) is 0.625. The van der Waals surface area contributed by atoms with Gasteiger partial charge in [0.25, 0.3) is 0 Å². The van der Waals surface area contributed by atoms with Crippen LogP contribution in [0.2, 0.25) is 0 Å². The van der Waals surface area contributed by atoms with Crippen molar-refractivity contribution in [1.82, 2.24) is 0 Å². The first kappa shape index (κ1) is 13.0. The molecule has 0 fully saturated rings. The molecule has 0 amide bonds. The van der Waals surface area contributed by atoms with Crippen LogP contribution in [0.25, 0.3) is 0 Å². The molecule has 17 heavy (non-hydrogen) atoms. The van der Waals surface area contributed by atoms with Crippen molar-refractivity contribution in [1.29, 1.82) is 0 Å². The van der Waals surface area contributed by atoms with E-state index < -0.39 is 0 Å². The van der Waals surface area contributed by atoms with Gasteiger partial charge in [0.05, 0.1) is 5.38 Å². The van der Waals surface area contributed by atoms with Crippen molar-refractivity contribution in [2.75, 3.05) is 0 Å². The molecule has 2 rings (SSSR count). The molecule has 94 valence electrons. The third kappa shape index (κ3) is 2.68. The first-order valence-electron chi connectivity index (χ1n) is 6.80. The van der Waals surface area contributed by atoms with Crippen LogP contribution in [0.15, 0.2) is 18.2 Å². The highest BCUT2D eigenvalue weighted by molar-refractivity contribution is 6.21. The SMILES string of the molecule is CCC(C)(C)C(Cl)c1ccc2c(c1)CCCC2. The van der Waals surface area contributed by atoms with E-state index in [1.54, 1.807) is 0 Å². The van der Waals surface area contributed by atoms with Crippen LogP contribution in [0.3, 0.4) is 0 Å². The first-order valence-corrected chi connectivity index (χ1v) is 7.24. The molecule has 1 atom stereocenters. The Morgan fingerprint density at radius 1 is 1.18 bits per heavy atom. The maximum atomic E-state index is 6.64. The molecule has 0 spiro atoms. The summed E-state index contributed by atoms with van der Waals surface area (Å²) in [6.07, 6.45) is 6.27. The van der Waals surface area contributed by atoms with Crippen molar-refractivity contribution in [3.63, 3.8) is 0 Å². The molecular formula is C16H23Cl. The molecule has 0 saturated carbocycles. The summed E-state index contributed by atoms with van der Waals surface area (Å²) in [4.78, 5) is 0. The largest absolute Gasteiger partial charge is 0.117 e. The second-order valence-corrected chi connectivity index (χ2v) is 6.38. The summed E-state index contributed by atoms with van der Waals surface area (Å²) >= 11 is 6.64. The molecule has 1 aliphatic carbocycles. The summed E-state index contributed by atoms with van der Waals surface area (Å²) in [6, 6.07) is 6.88. The Labute approximate surface area is 110 Å². The number of alkyl halides is 1. The summed E-state index contributed by atoms with van der Waals surface area (Å²) in [5, 5.41) is 0.125. The minimum absolute atomic E-state index is 0.125. The second kappa shape index (κ2) is 5.02. The summed E-state index contributed by atoms with van der Waals surface area (Å²) in [5.74, 6) is 0. The summed E-state index contributed by atoms with van der Waals surface area (Å²) < 4.78 is 0. The van der Waals surface area contributed by atoms with Gasteiger partial charge in [0.15, 0.2) is 0 Å². The number of benzene rings is 1. The van der Waals surface area contributed by atoms with Gasteiger partial charge in [0, 0.05) is 0 Å². The molecule has 0 nitrogen and oxygen atoms in total. The van der Waals surface area contributed by atoms with Gasteiger partial charge in [-0.3, -0.25) is 0 Å². The Morgan fingerprint density at radius 3 is 2.47 bits per heavy atom. The molecule has 1 aromatic carbocycles. The number of hydrogen-bond acceptors (Lipinski definition) is 0. The van der Waals surface area contributed by atoms with Crippen molar-refractivity contribution in [2.24, 2.45) is 5.41 Å². The molecule has 0 bridgehead atoms. The first-order chi connectivity index (χ1) is 8.04. The van der Waals surface area contributed by atoms with Crippen molar-refractivity contribution in [3.8, 4) is 0 Å². The van der Waals surface area contributed by atoms with Crippen LogP contribution in [0, 0.1) is 5.41 Å². The van der Waals surface area contributed by atoms with Gasteiger partial charge in [0.1, 0.15) is 0 Å². The van der Waals surface area contributed by atoms with E-state index >= 15 is 0 Å². The zero-order valence-corrected chi connectivity index (χ0v) is 12.0. The van der Waals surface area contributed by atoms with Crippen LogP contribution >= 0.6 is 11.6 Å². The Kier molecular flexibility index (Phi) is 3.82. The summed E-state index contributed by atoms with van der Waals surface area (Å²) in [6.45, 7) is 6.72. The molecule has 1 aliphatic rings. The maximum Gasteiger partial charge on any atom is 0.0636 e. The van der Waals surface area contributed by atoms with Crippen LogP contribution < -0.4 is 0 Å². The van der Waals surface area contributed by atoms with Crippen molar-refractivity contribution < 1.29 is 0 Å². The highest BCUT2D eigenvalue weighted by Gasteiger charge is 2.27.